The van der Waals surface area contributed by atoms with E-state index in [1.54, 1.807) is 0 Å². The van der Waals surface area contributed by atoms with Gasteiger partial charge in [0.1, 0.15) is 17.3 Å². The van der Waals surface area contributed by atoms with E-state index in [0.717, 1.165) is 48.8 Å². The van der Waals surface area contributed by atoms with Gasteiger partial charge in [-0.05, 0) is 20.3 Å². The summed E-state index contributed by atoms with van der Waals surface area (Å²) in [6.07, 6.45) is 6.86. The second-order valence-electron chi connectivity index (χ2n) is 5.40. The smallest absolute Gasteiger partial charge is 0.133 e. The van der Waals surface area contributed by atoms with Crippen LogP contribution in [0, 0.1) is 0 Å². The first-order valence-corrected chi connectivity index (χ1v) is 7.47. The van der Waals surface area contributed by atoms with Gasteiger partial charge in [0, 0.05) is 19.0 Å². The van der Waals surface area contributed by atoms with E-state index in [4.69, 9.17) is 10.7 Å². The van der Waals surface area contributed by atoms with Gasteiger partial charge in [0.15, 0.2) is 0 Å². The van der Waals surface area contributed by atoms with E-state index in [9.17, 15) is 0 Å². The molecule has 2 N–H and O–H groups in total. The Bertz CT molecular complexity index is 565. The van der Waals surface area contributed by atoms with Gasteiger partial charge in [-0.1, -0.05) is 20.3 Å². The second kappa shape index (κ2) is 6.11. The van der Waals surface area contributed by atoms with Crippen LogP contribution in [0.5, 0.6) is 0 Å². The SMILES string of the molecule is CCCCn1c(CC)nc(-c2cncn2C(C)C)c1N. The average Bonchev–Trinajstić information content (AvgIpc) is 3.01. The molecule has 0 aliphatic carbocycles. The van der Waals surface area contributed by atoms with Crippen LogP contribution in [0.4, 0.5) is 5.82 Å². The molecular formula is C15H25N5. The van der Waals surface area contributed by atoms with Gasteiger partial charge in [-0.2, -0.15) is 0 Å². The summed E-state index contributed by atoms with van der Waals surface area (Å²) >= 11 is 0. The minimum Gasteiger partial charge on any atom is -0.383 e. The quantitative estimate of drug-likeness (QED) is 0.880. The van der Waals surface area contributed by atoms with Gasteiger partial charge in [-0.3, -0.25) is 0 Å². The largest absolute Gasteiger partial charge is 0.383 e. The number of imidazole rings is 2. The van der Waals surface area contributed by atoms with Crippen LogP contribution in [-0.4, -0.2) is 19.1 Å². The highest BCUT2D eigenvalue weighted by Crippen LogP contribution is 2.28. The number of nitrogen functional groups attached to an aromatic ring is 1. The Morgan fingerprint density at radius 1 is 1.30 bits per heavy atom. The fourth-order valence-corrected chi connectivity index (χ4v) is 2.44. The molecule has 20 heavy (non-hydrogen) atoms. The molecule has 2 rings (SSSR count). The van der Waals surface area contributed by atoms with Crippen LogP contribution in [0.2, 0.25) is 0 Å². The number of nitrogens with zero attached hydrogens (tertiary/aromatic N) is 4. The average molecular weight is 275 g/mol. The Labute approximate surface area is 120 Å². The Morgan fingerprint density at radius 3 is 2.65 bits per heavy atom. The molecule has 0 amide bonds. The molecule has 0 aromatic carbocycles. The Hall–Kier alpha value is -1.78. The summed E-state index contributed by atoms with van der Waals surface area (Å²) in [5.74, 6) is 1.82. The molecule has 0 unspecified atom stereocenters. The molecule has 2 aromatic heterocycles. The fraction of sp³-hybridized carbons (Fsp3) is 0.600. The lowest BCUT2D eigenvalue weighted by Gasteiger charge is -2.11. The maximum absolute atomic E-state index is 6.34. The monoisotopic (exact) mass is 275 g/mol. The third-order valence-electron chi connectivity index (χ3n) is 3.60. The molecule has 110 valence electrons. The predicted molar refractivity (Wildman–Crippen MR) is 82.5 cm³/mol. The molecule has 5 nitrogen and oxygen atoms in total. The zero-order valence-corrected chi connectivity index (χ0v) is 12.9. The third kappa shape index (κ3) is 2.57. The molecule has 2 heterocycles. The van der Waals surface area contributed by atoms with Crippen LogP contribution in [0.25, 0.3) is 11.4 Å². The lowest BCUT2D eigenvalue weighted by Crippen LogP contribution is -2.07. The molecular weight excluding hydrogens is 250 g/mol. The van der Waals surface area contributed by atoms with Gasteiger partial charge in [-0.15, -0.1) is 0 Å². The predicted octanol–water partition coefficient (Wildman–Crippen LogP) is 3.27. The summed E-state index contributed by atoms with van der Waals surface area (Å²) in [5, 5.41) is 0. The molecule has 0 bridgehead atoms. The van der Waals surface area contributed by atoms with Crippen molar-refractivity contribution in [1.29, 1.82) is 0 Å². The number of aromatic nitrogens is 4. The van der Waals surface area contributed by atoms with Gasteiger partial charge < -0.3 is 14.9 Å². The van der Waals surface area contributed by atoms with Crippen molar-refractivity contribution in [3.8, 4) is 11.4 Å². The minimum absolute atomic E-state index is 0.345. The van der Waals surface area contributed by atoms with Gasteiger partial charge in [0.2, 0.25) is 0 Å². The van der Waals surface area contributed by atoms with Gasteiger partial charge in [0.25, 0.3) is 0 Å². The lowest BCUT2D eigenvalue weighted by molar-refractivity contribution is 0.604. The van der Waals surface area contributed by atoms with Gasteiger partial charge >= 0.3 is 0 Å². The zero-order chi connectivity index (χ0) is 14.7. The highest BCUT2D eigenvalue weighted by atomic mass is 15.2. The first-order chi connectivity index (χ1) is 9.60. The second-order valence-corrected chi connectivity index (χ2v) is 5.40. The Kier molecular flexibility index (Phi) is 4.47. The van der Waals surface area contributed by atoms with Crippen molar-refractivity contribution >= 4 is 5.82 Å². The van der Waals surface area contributed by atoms with Crippen LogP contribution in [0.1, 0.15) is 52.4 Å². The number of nitrogens with two attached hydrogens (primary N) is 1. The maximum atomic E-state index is 6.34. The normalized spacial score (nSPS) is 11.4. The van der Waals surface area contributed by atoms with Gasteiger partial charge in [0.05, 0.1) is 18.2 Å². The first-order valence-electron chi connectivity index (χ1n) is 7.47. The van der Waals surface area contributed by atoms with Crippen LogP contribution >= 0.6 is 0 Å². The van der Waals surface area contributed by atoms with Crippen molar-refractivity contribution in [2.75, 3.05) is 5.73 Å². The summed E-state index contributed by atoms with van der Waals surface area (Å²) in [7, 11) is 0. The van der Waals surface area contributed by atoms with Crippen LogP contribution < -0.4 is 5.73 Å². The van der Waals surface area contributed by atoms with Crippen LogP contribution in [0.3, 0.4) is 0 Å². The number of hydrogen-bond acceptors (Lipinski definition) is 3. The maximum Gasteiger partial charge on any atom is 0.133 e. The number of aryl methyl sites for hydroxylation is 1. The molecule has 0 saturated carbocycles. The molecule has 0 fully saturated rings. The topological polar surface area (TPSA) is 61.7 Å². The number of rotatable bonds is 6. The molecule has 0 radical (unpaired) electrons. The van der Waals surface area contributed by atoms with E-state index in [0.29, 0.717) is 6.04 Å². The van der Waals surface area contributed by atoms with E-state index in [2.05, 4.69) is 41.8 Å². The molecule has 0 aliphatic heterocycles. The highest BCUT2D eigenvalue weighted by molar-refractivity contribution is 5.68. The summed E-state index contributed by atoms with van der Waals surface area (Å²) in [5.41, 5.74) is 8.21. The molecule has 5 heteroatoms. The summed E-state index contributed by atoms with van der Waals surface area (Å²) in [6, 6.07) is 0.345. The number of hydrogen-bond donors (Lipinski definition) is 1. The van der Waals surface area contributed by atoms with Crippen molar-refractivity contribution in [2.24, 2.45) is 0 Å². The number of anilines is 1. The minimum atomic E-state index is 0.345. The van der Waals surface area contributed by atoms with Gasteiger partial charge in [-0.25, -0.2) is 9.97 Å². The molecule has 0 atom stereocenters. The van der Waals surface area contributed by atoms with Crippen molar-refractivity contribution < 1.29 is 0 Å². The standard InChI is InChI=1S/C15H25N5/c1-5-7-8-19-13(6-2)18-14(15(19)16)12-9-17-10-20(12)11(3)4/h9-11H,5-8,16H2,1-4H3. The summed E-state index contributed by atoms with van der Waals surface area (Å²) in [4.78, 5) is 8.99. The fourth-order valence-electron chi connectivity index (χ4n) is 2.44. The van der Waals surface area contributed by atoms with E-state index in [1.165, 1.54) is 0 Å². The van der Waals surface area contributed by atoms with E-state index < -0.39 is 0 Å². The Morgan fingerprint density at radius 2 is 2.05 bits per heavy atom. The first kappa shape index (κ1) is 14.6. The highest BCUT2D eigenvalue weighted by Gasteiger charge is 2.18. The van der Waals surface area contributed by atoms with Crippen molar-refractivity contribution in [3.63, 3.8) is 0 Å². The third-order valence-corrected chi connectivity index (χ3v) is 3.60. The van der Waals surface area contributed by atoms with Crippen molar-refractivity contribution in [3.05, 3.63) is 18.3 Å². The molecule has 0 saturated heterocycles. The Balaban J connectivity index is 2.46. The van der Waals surface area contributed by atoms with Crippen LogP contribution in [0.15, 0.2) is 12.5 Å². The molecule has 0 aliphatic rings. The van der Waals surface area contributed by atoms with Crippen LogP contribution in [-0.2, 0) is 13.0 Å². The van der Waals surface area contributed by atoms with Crippen molar-refractivity contribution in [2.45, 2.75) is 59.5 Å². The van der Waals surface area contributed by atoms with E-state index >= 15 is 0 Å². The summed E-state index contributed by atoms with van der Waals surface area (Å²) in [6.45, 7) is 9.52. The summed E-state index contributed by atoms with van der Waals surface area (Å²) < 4.78 is 4.26. The molecule has 2 aromatic rings. The van der Waals surface area contributed by atoms with E-state index in [-0.39, 0.29) is 0 Å². The van der Waals surface area contributed by atoms with E-state index in [1.807, 2.05) is 12.5 Å². The zero-order valence-electron chi connectivity index (χ0n) is 12.9. The lowest BCUT2D eigenvalue weighted by atomic mass is 10.3. The van der Waals surface area contributed by atoms with Crippen molar-refractivity contribution in [1.82, 2.24) is 19.1 Å². The molecule has 0 spiro atoms. The number of unbranched alkanes of at least 4 members (excludes halogenated alkanes) is 1.